The summed E-state index contributed by atoms with van der Waals surface area (Å²) in [6.07, 6.45) is 9.29. The SMILES string of the molecule is COC(=O)N1CCC(N[C@H]2CCOC3(CCCC3)C2)CC1. The van der Waals surface area contributed by atoms with Crippen LogP contribution in [0.4, 0.5) is 4.79 Å². The Morgan fingerprint density at radius 3 is 2.57 bits per heavy atom. The van der Waals surface area contributed by atoms with Gasteiger partial charge >= 0.3 is 6.09 Å². The van der Waals surface area contributed by atoms with Gasteiger partial charge in [0.05, 0.1) is 12.7 Å². The van der Waals surface area contributed by atoms with Gasteiger partial charge in [-0.2, -0.15) is 0 Å². The molecular weight excluding hydrogens is 268 g/mol. The first-order valence-corrected chi connectivity index (χ1v) is 8.44. The summed E-state index contributed by atoms with van der Waals surface area (Å²) in [4.78, 5) is 13.3. The zero-order valence-electron chi connectivity index (χ0n) is 13.1. The highest BCUT2D eigenvalue weighted by Gasteiger charge is 2.40. The van der Waals surface area contributed by atoms with Gasteiger partial charge in [-0.15, -0.1) is 0 Å². The normalized spacial score (nSPS) is 29.8. The van der Waals surface area contributed by atoms with Gasteiger partial charge in [0.2, 0.25) is 0 Å². The third-order valence-electron chi connectivity index (χ3n) is 5.41. The van der Waals surface area contributed by atoms with Gasteiger partial charge in [-0.05, 0) is 38.5 Å². The molecule has 2 heterocycles. The van der Waals surface area contributed by atoms with Crippen LogP contribution in [-0.4, -0.2) is 55.5 Å². The molecule has 0 aromatic rings. The maximum absolute atomic E-state index is 11.5. The summed E-state index contributed by atoms with van der Waals surface area (Å²) in [6.45, 7) is 2.51. The van der Waals surface area contributed by atoms with Crippen LogP contribution < -0.4 is 5.32 Å². The highest BCUT2D eigenvalue weighted by atomic mass is 16.5. The van der Waals surface area contributed by atoms with Gasteiger partial charge in [-0.25, -0.2) is 4.79 Å². The van der Waals surface area contributed by atoms with Crippen molar-refractivity contribution in [1.29, 1.82) is 0 Å². The van der Waals surface area contributed by atoms with Crippen LogP contribution in [0.15, 0.2) is 0 Å². The molecule has 2 aliphatic heterocycles. The smallest absolute Gasteiger partial charge is 0.409 e. The van der Waals surface area contributed by atoms with Gasteiger partial charge in [0.1, 0.15) is 0 Å². The van der Waals surface area contributed by atoms with Crippen LogP contribution >= 0.6 is 0 Å². The van der Waals surface area contributed by atoms with Crippen molar-refractivity contribution in [3.8, 4) is 0 Å². The molecule has 3 aliphatic rings. The molecule has 1 saturated carbocycles. The molecule has 1 amide bonds. The van der Waals surface area contributed by atoms with E-state index in [0.717, 1.165) is 39.0 Å². The van der Waals surface area contributed by atoms with Crippen LogP contribution in [0.5, 0.6) is 0 Å². The molecule has 0 radical (unpaired) electrons. The van der Waals surface area contributed by atoms with Gasteiger partial charge < -0.3 is 19.7 Å². The second-order valence-corrected chi connectivity index (χ2v) is 6.83. The minimum Gasteiger partial charge on any atom is -0.453 e. The Balaban J connectivity index is 1.46. The van der Waals surface area contributed by atoms with Gasteiger partial charge in [0, 0.05) is 31.8 Å². The first kappa shape index (κ1) is 15.1. The van der Waals surface area contributed by atoms with E-state index in [2.05, 4.69) is 5.32 Å². The zero-order chi connectivity index (χ0) is 14.7. The predicted octanol–water partition coefficient (Wildman–Crippen LogP) is 2.30. The van der Waals surface area contributed by atoms with Crippen LogP contribution in [0.1, 0.15) is 51.4 Å². The van der Waals surface area contributed by atoms with Crippen LogP contribution in [0.3, 0.4) is 0 Å². The summed E-state index contributed by atoms with van der Waals surface area (Å²) >= 11 is 0. The van der Waals surface area contributed by atoms with Gasteiger partial charge in [0.15, 0.2) is 0 Å². The fourth-order valence-corrected chi connectivity index (χ4v) is 4.23. The van der Waals surface area contributed by atoms with E-state index in [4.69, 9.17) is 9.47 Å². The van der Waals surface area contributed by atoms with Gasteiger partial charge in [-0.1, -0.05) is 12.8 Å². The molecular formula is C16H28N2O3. The summed E-state index contributed by atoms with van der Waals surface area (Å²) in [7, 11) is 1.45. The van der Waals surface area contributed by atoms with E-state index in [-0.39, 0.29) is 11.7 Å². The Bertz CT molecular complexity index is 361. The number of hydrogen-bond donors (Lipinski definition) is 1. The fourth-order valence-electron chi connectivity index (χ4n) is 4.23. The van der Waals surface area contributed by atoms with E-state index in [1.54, 1.807) is 4.90 Å². The van der Waals surface area contributed by atoms with E-state index < -0.39 is 0 Å². The van der Waals surface area contributed by atoms with Gasteiger partial charge in [-0.3, -0.25) is 0 Å². The van der Waals surface area contributed by atoms with Crippen LogP contribution in [0.25, 0.3) is 0 Å². The standard InChI is InChI=1S/C16H28N2O3/c1-20-15(19)18-9-4-13(5-10-18)17-14-6-11-21-16(12-14)7-2-3-8-16/h13-14,17H,2-12H2,1H3/t14-/m0/s1. The van der Waals surface area contributed by atoms with Crippen molar-refractivity contribution in [2.45, 2.75) is 69.1 Å². The third-order valence-corrected chi connectivity index (χ3v) is 5.41. The highest BCUT2D eigenvalue weighted by molar-refractivity contribution is 5.67. The number of nitrogens with zero attached hydrogens (tertiary/aromatic N) is 1. The topological polar surface area (TPSA) is 50.8 Å². The Labute approximate surface area is 127 Å². The maximum Gasteiger partial charge on any atom is 0.409 e. The largest absolute Gasteiger partial charge is 0.453 e. The quantitative estimate of drug-likeness (QED) is 0.849. The number of carbonyl (C=O) groups excluding carboxylic acids is 1. The second-order valence-electron chi connectivity index (χ2n) is 6.83. The minimum absolute atomic E-state index is 0.183. The molecule has 3 fully saturated rings. The number of hydrogen-bond acceptors (Lipinski definition) is 4. The van der Waals surface area contributed by atoms with E-state index >= 15 is 0 Å². The molecule has 1 N–H and O–H groups in total. The summed E-state index contributed by atoms with van der Waals surface area (Å²) in [5, 5.41) is 3.83. The zero-order valence-corrected chi connectivity index (χ0v) is 13.1. The highest BCUT2D eigenvalue weighted by Crippen LogP contribution is 2.40. The Morgan fingerprint density at radius 2 is 1.90 bits per heavy atom. The van der Waals surface area contributed by atoms with Crippen molar-refractivity contribution < 1.29 is 14.3 Å². The van der Waals surface area contributed by atoms with Crippen molar-refractivity contribution in [1.82, 2.24) is 10.2 Å². The van der Waals surface area contributed by atoms with E-state index in [1.807, 2.05) is 0 Å². The summed E-state index contributed by atoms with van der Waals surface area (Å²) in [5.74, 6) is 0. The Kier molecular flexibility index (Phi) is 4.69. The minimum atomic E-state index is -0.190. The molecule has 0 bridgehead atoms. The molecule has 5 heteroatoms. The summed E-state index contributed by atoms with van der Waals surface area (Å²) < 4.78 is 10.9. The van der Waals surface area contributed by atoms with Gasteiger partial charge in [0.25, 0.3) is 0 Å². The number of piperidine rings is 1. The molecule has 3 rings (SSSR count). The maximum atomic E-state index is 11.5. The fraction of sp³-hybridized carbons (Fsp3) is 0.938. The van der Waals surface area contributed by atoms with Crippen LogP contribution in [0.2, 0.25) is 0 Å². The lowest BCUT2D eigenvalue weighted by Gasteiger charge is -2.41. The lowest BCUT2D eigenvalue weighted by Crippen LogP contribution is -2.52. The number of carbonyl (C=O) groups is 1. The van der Waals surface area contributed by atoms with Crippen molar-refractivity contribution in [2.75, 3.05) is 26.8 Å². The molecule has 1 atom stereocenters. The van der Waals surface area contributed by atoms with E-state index in [9.17, 15) is 4.79 Å². The van der Waals surface area contributed by atoms with E-state index in [0.29, 0.717) is 12.1 Å². The first-order chi connectivity index (χ1) is 10.2. The lowest BCUT2D eigenvalue weighted by atomic mass is 9.88. The second kappa shape index (κ2) is 6.53. The number of nitrogens with one attached hydrogen (secondary N) is 1. The van der Waals surface area contributed by atoms with Crippen molar-refractivity contribution in [3.05, 3.63) is 0 Å². The van der Waals surface area contributed by atoms with E-state index in [1.165, 1.54) is 39.2 Å². The predicted molar refractivity (Wildman–Crippen MR) is 80.3 cm³/mol. The number of rotatable bonds is 2. The Morgan fingerprint density at radius 1 is 1.19 bits per heavy atom. The average molecular weight is 296 g/mol. The van der Waals surface area contributed by atoms with Crippen LogP contribution in [0, 0.1) is 0 Å². The third kappa shape index (κ3) is 3.51. The monoisotopic (exact) mass is 296 g/mol. The molecule has 1 aliphatic carbocycles. The molecule has 5 nitrogen and oxygen atoms in total. The Hall–Kier alpha value is -0.810. The van der Waals surface area contributed by atoms with Crippen molar-refractivity contribution in [3.63, 3.8) is 0 Å². The van der Waals surface area contributed by atoms with Crippen molar-refractivity contribution >= 4 is 6.09 Å². The molecule has 0 aromatic carbocycles. The average Bonchev–Trinajstić information content (AvgIpc) is 2.95. The molecule has 0 unspecified atom stereocenters. The van der Waals surface area contributed by atoms with Crippen LogP contribution in [-0.2, 0) is 9.47 Å². The molecule has 1 spiro atoms. The molecule has 120 valence electrons. The number of likely N-dealkylation sites (tertiary alicyclic amines) is 1. The number of ether oxygens (including phenoxy) is 2. The first-order valence-electron chi connectivity index (χ1n) is 8.44. The lowest BCUT2D eigenvalue weighted by molar-refractivity contribution is -0.0852. The number of methoxy groups -OCH3 is 1. The van der Waals surface area contributed by atoms with Crippen molar-refractivity contribution in [2.24, 2.45) is 0 Å². The number of amides is 1. The molecule has 0 aromatic heterocycles. The summed E-state index contributed by atoms with van der Waals surface area (Å²) in [5.41, 5.74) is 0.183. The molecule has 2 saturated heterocycles. The summed E-state index contributed by atoms with van der Waals surface area (Å²) in [6, 6.07) is 1.12. The molecule has 21 heavy (non-hydrogen) atoms.